The molecule has 3 N–H and O–H groups in total. The molecular weight excluding hydrogens is 399 g/mol. The summed E-state index contributed by atoms with van der Waals surface area (Å²) in [5.41, 5.74) is 5.64. The van der Waals surface area contributed by atoms with Crippen LogP contribution in [0.15, 0.2) is 47.5 Å². The summed E-state index contributed by atoms with van der Waals surface area (Å²) in [5.74, 6) is -2.33. The van der Waals surface area contributed by atoms with Gasteiger partial charge in [0.15, 0.2) is 0 Å². The van der Waals surface area contributed by atoms with E-state index in [1.54, 1.807) is 12.1 Å². The summed E-state index contributed by atoms with van der Waals surface area (Å²) in [6.07, 6.45) is -4.87. The smallest absolute Gasteiger partial charge is 0.481 e. The molecule has 3 aromatic rings. The zero-order chi connectivity index (χ0) is 20.5. The zero-order valence-electron chi connectivity index (χ0n) is 13.9. The van der Waals surface area contributed by atoms with Crippen LogP contribution < -0.4 is 10.5 Å². The summed E-state index contributed by atoms with van der Waals surface area (Å²) >= 11 is 0.957. The third kappa shape index (κ3) is 4.36. The Balaban J connectivity index is 2.13. The van der Waals surface area contributed by atoms with E-state index < -0.39 is 24.0 Å². The van der Waals surface area contributed by atoms with E-state index in [1.807, 2.05) is 0 Å². The maximum Gasteiger partial charge on any atom is 0.573 e. The van der Waals surface area contributed by atoms with Gasteiger partial charge in [-0.15, -0.1) is 13.2 Å². The number of amides is 1. The van der Waals surface area contributed by atoms with Crippen molar-refractivity contribution in [3.05, 3.63) is 48.2 Å². The molecule has 0 aliphatic carbocycles. The highest BCUT2D eigenvalue weighted by Crippen LogP contribution is 2.30. The fourth-order valence-electron chi connectivity index (χ4n) is 2.55. The van der Waals surface area contributed by atoms with Crippen LogP contribution in [0.5, 0.6) is 5.75 Å². The van der Waals surface area contributed by atoms with E-state index in [2.05, 4.69) is 9.72 Å². The lowest BCUT2D eigenvalue weighted by atomic mass is 10.2. The SMILES string of the molecule is NC(=O)c1cc2ccc(OC(F)(F)F)cc2n1-c1cccc(SCC(=O)O)n1. The highest BCUT2D eigenvalue weighted by atomic mass is 32.2. The minimum Gasteiger partial charge on any atom is -0.481 e. The van der Waals surface area contributed by atoms with Gasteiger partial charge < -0.3 is 15.6 Å². The Morgan fingerprint density at radius 2 is 1.96 bits per heavy atom. The summed E-state index contributed by atoms with van der Waals surface area (Å²) in [6.45, 7) is 0. The number of nitrogens with zero attached hydrogens (tertiary/aromatic N) is 2. The second-order valence-electron chi connectivity index (χ2n) is 5.51. The van der Waals surface area contributed by atoms with Gasteiger partial charge in [-0.25, -0.2) is 4.98 Å². The van der Waals surface area contributed by atoms with Crippen molar-refractivity contribution in [2.45, 2.75) is 11.4 Å². The molecule has 0 unspecified atom stereocenters. The minimum absolute atomic E-state index is 0.00652. The summed E-state index contributed by atoms with van der Waals surface area (Å²) in [4.78, 5) is 26.9. The number of rotatable bonds is 6. The van der Waals surface area contributed by atoms with Gasteiger partial charge in [-0.3, -0.25) is 14.2 Å². The number of ether oxygens (including phenoxy) is 1. The van der Waals surface area contributed by atoms with Crippen molar-refractivity contribution in [3.8, 4) is 11.6 Å². The maximum atomic E-state index is 12.5. The van der Waals surface area contributed by atoms with Crippen molar-refractivity contribution in [2.75, 3.05) is 5.75 Å². The van der Waals surface area contributed by atoms with E-state index in [0.29, 0.717) is 10.4 Å². The molecule has 0 atom stereocenters. The molecule has 0 radical (unpaired) electrons. The van der Waals surface area contributed by atoms with Gasteiger partial charge in [0, 0.05) is 11.5 Å². The van der Waals surface area contributed by atoms with Gasteiger partial charge in [0.25, 0.3) is 5.91 Å². The third-order valence-electron chi connectivity index (χ3n) is 3.54. The molecule has 0 bridgehead atoms. The number of carbonyl (C=O) groups is 2. The average molecular weight is 411 g/mol. The molecule has 0 spiro atoms. The van der Waals surface area contributed by atoms with Crippen LogP contribution in [0, 0.1) is 0 Å². The van der Waals surface area contributed by atoms with Crippen molar-refractivity contribution in [2.24, 2.45) is 5.73 Å². The lowest BCUT2D eigenvalue weighted by Gasteiger charge is -2.11. The predicted octanol–water partition coefficient (Wildman–Crippen LogP) is 3.20. The van der Waals surface area contributed by atoms with E-state index in [4.69, 9.17) is 10.8 Å². The Labute approximate surface area is 159 Å². The average Bonchev–Trinajstić information content (AvgIpc) is 2.98. The molecular formula is C17H12F3N3O4S. The van der Waals surface area contributed by atoms with Crippen LogP contribution in [0.2, 0.25) is 0 Å². The van der Waals surface area contributed by atoms with Gasteiger partial charge in [0.1, 0.15) is 17.3 Å². The van der Waals surface area contributed by atoms with Crippen LogP contribution >= 0.6 is 11.8 Å². The molecule has 3 rings (SSSR count). The van der Waals surface area contributed by atoms with Crippen molar-refractivity contribution >= 4 is 34.5 Å². The Kier molecular flexibility index (Phi) is 5.18. The number of benzene rings is 1. The van der Waals surface area contributed by atoms with Gasteiger partial charge in [-0.2, -0.15) is 0 Å². The molecule has 0 fully saturated rings. The van der Waals surface area contributed by atoms with Gasteiger partial charge in [0.2, 0.25) is 0 Å². The van der Waals surface area contributed by atoms with Crippen molar-refractivity contribution < 1.29 is 32.6 Å². The largest absolute Gasteiger partial charge is 0.573 e. The number of aromatic nitrogens is 2. The van der Waals surface area contributed by atoms with Gasteiger partial charge in [-0.05, 0) is 30.3 Å². The quantitative estimate of drug-likeness (QED) is 0.603. The molecule has 0 saturated heterocycles. The van der Waals surface area contributed by atoms with Gasteiger partial charge in [0.05, 0.1) is 16.3 Å². The third-order valence-corrected chi connectivity index (χ3v) is 4.46. The number of halogens is 3. The molecule has 1 aromatic carbocycles. The summed E-state index contributed by atoms with van der Waals surface area (Å²) < 4.78 is 42.8. The second-order valence-corrected chi connectivity index (χ2v) is 6.51. The summed E-state index contributed by atoms with van der Waals surface area (Å²) in [6, 6.07) is 9.71. The first-order chi connectivity index (χ1) is 13.1. The van der Waals surface area contributed by atoms with E-state index in [9.17, 15) is 22.8 Å². The minimum atomic E-state index is -4.87. The van der Waals surface area contributed by atoms with Gasteiger partial charge >= 0.3 is 12.3 Å². The zero-order valence-corrected chi connectivity index (χ0v) is 14.8. The van der Waals surface area contributed by atoms with E-state index in [1.165, 1.54) is 22.8 Å². The van der Waals surface area contributed by atoms with Crippen LogP contribution in [0.25, 0.3) is 16.7 Å². The predicted molar refractivity (Wildman–Crippen MR) is 94.6 cm³/mol. The number of fused-ring (bicyclic) bond motifs is 1. The normalized spacial score (nSPS) is 11.5. The number of thioether (sulfide) groups is 1. The molecule has 1 amide bonds. The van der Waals surface area contributed by atoms with E-state index in [-0.39, 0.29) is 22.8 Å². The number of primary amides is 1. The van der Waals surface area contributed by atoms with Crippen molar-refractivity contribution in [1.82, 2.24) is 9.55 Å². The van der Waals surface area contributed by atoms with Crippen LogP contribution in [-0.4, -0.2) is 38.6 Å². The second kappa shape index (κ2) is 7.43. The Hall–Kier alpha value is -3.21. The standard InChI is InChI=1S/C17H12F3N3O4S/c18-17(19,20)27-10-5-4-9-6-12(16(21)26)23(11(9)7-10)13-2-1-3-14(22-13)28-8-15(24)25/h1-7H,8H2,(H2,21,26)(H,24,25). The summed E-state index contributed by atoms with van der Waals surface area (Å²) in [5, 5.41) is 9.60. The number of nitrogens with two attached hydrogens (primary N) is 1. The molecule has 11 heteroatoms. The Morgan fingerprint density at radius 1 is 1.21 bits per heavy atom. The van der Waals surface area contributed by atoms with Crippen molar-refractivity contribution in [3.63, 3.8) is 0 Å². The number of hydrogen-bond acceptors (Lipinski definition) is 5. The molecule has 0 saturated carbocycles. The maximum absolute atomic E-state index is 12.5. The van der Waals surface area contributed by atoms with Crippen LogP contribution in [0.3, 0.4) is 0 Å². The first-order valence-corrected chi connectivity index (χ1v) is 8.66. The number of pyridine rings is 1. The van der Waals surface area contributed by atoms with Crippen LogP contribution in [0.4, 0.5) is 13.2 Å². The topological polar surface area (TPSA) is 107 Å². The fraction of sp³-hybridized carbons (Fsp3) is 0.118. The molecule has 2 heterocycles. The number of carboxylic acids is 1. The highest BCUT2D eigenvalue weighted by Gasteiger charge is 2.31. The lowest BCUT2D eigenvalue weighted by Crippen LogP contribution is -2.17. The molecule has 0 aliphatic heterocycles. The first kappa shape index (κ1) is 19.5. The van der Waals surface area contributed by atoms with E-state index in [0.717, 1.165) is 23.9 Å². The van der Waals surface area contributed by atoms with E-state index >= 15 is 0 Å². The first-order valence-electron chi connectivity index (χ1n) is 7.67. The van der Waals surface area contributed by atoms with Crippen molar-refractivity contribution in [1.29, 1.82) is 0 Å². The number of aliphatic carboxylic acids is 1. The fourth-order valence-corrected chi connectivity index (χ4v) is 3.15. The number of carboxylic acid groups (broad SMARTS) is 1. The highest BCUT2D eigenvalue weighted by molar-refractivity contribution is 7.99. The lowest BCUT2D eigenvalue weighted by molar-refractivity contribution is -0.274. The molecule has 7 nitrogen and oxygen atoms in total. The Bertz CT molecular complexity index is 1070. The number of hydrogen-bond donors (Lipinski definition) is 2. The molecule has 146 valence electrons. The van der Waals surface area contributed by atoms with Gasteiger partial charge in [-0.1, -0.05) is 17.8 Å². The molecule has 0 aliphatic rings. The Morgan fingerprint density at radius 3 is 2.61 bits per heavy atom. The van der Waals surface area contributed by atoms with Crippen LogP contribution in [0.1, 0.15) is 10.5 Å². The molecule has 2 aromatic heterocycles. The number of carbonyl (C=O) groups excluding carboxylic acids is 1. The monoisotopic (exact) mass is 411 g/mol. The number of alkyl halides is 3. The molecule has 28 heavy (non-hydrogen) atoms. The van der Waals surface area contributed by atoms with Crippen LogP contribution in [-0.2, 0) is 4.79 Å². The summed E-state index contributed by atoms with van der Waals surface area (Å²) in [7, 11) is 0.